The van der Waals surface area contributed by atoms with Crippen LogP contribution in [0.2, 0.25) is 0 Å². The van der Waals surface area contributed by atoms with Crippen LogP contribution < -0.4 is 11.1 Å². The molecule has 0 unspecified atom stereocenters. The minimum atomic E-state index is 0.571. The number of aromatic nitrogens is 2. The molecule has 4 heteroatoms. The van der Waals surface area contributed by atoms with Gasteiger partial charge in [0.25, 0.3) is 0 Å². The summed E-state index contributed by atoms with van der Waals surface area (Å²) in [5, 5.41) is 3.16. The number of hydrogen-bond donors (Lipinski definition) is 3. The number of hydrogen-bond acceptors (Lipinski definition) is 3. The van der Waals surface area contributed by atoms with Crippen LogP contribution in [0.4, 0.5) is 5.95 Å². The third-order valence-electron chi connectivity index (χ3n) is 2.08. The molecule has 1 aromatic carbocycles. The van der Waals surface area contributed by atoms with Gasteiger partial charge in [0.2, 0.25) is 5.95 Å². The minimum absolute atomic E-state index is 0.571. The van der Waals surface area contributed by atoms with E-state index in [1.165, 1.54) is 0 Å². The van der Waals surface area contributed by atoms with E-state index in [0.717, 1.165) is 23.5 Å². The lowest BCUT2D eigenvalue weighted by atomic mass is 10.3. The fraction of sp³-hybridized carbons (Fsp3) is 0.182. The lowest BCUT2D eigenvalue weighted by Crippen LogP contribution is -2.01. The summed E-state index contributed by atoms with van der Waals surface area (Å²) in [5.41, 5.74) is 7.35. The first-order valence-corrected chi connectivity index (χ1v) is 4.94. The average molecular weight is 202 g/mol. The molecule has 78 valence electrons. The molecule has 0 fully saturated rings. The normalized spacial score (nSPS) is 11.3. The van der Waals surface area contributed by atoms with Crippen LogP contribution in [0.15, 0.2) is 36.4 Å². The first kappa shape index (κ1) is 9.73. The van der Waals surface area contributed by atoms with Crippen LogP contribution in [-0.4, -0.2) is 23.1 Å². The number of imidazole rings is 1. The molecule has 0 spiro atoms. The number of H-pyrrole nitrogens is 1. The van der Waals surface area contributed by atoms with Gasteiger partial charge in [-0.2, -0.15) is 0 Å². The van der Waals surface area contributed by atoms with E-state index in [0.29, 0.717) is 6.54 Å². The van der Waals surface area contributed by atoms with Crippen molar-refractivity contribution in [3.05, 3.63) is 36.4 Å². The summed E-state index contributed by atoms with van der Waals surface area (Å²) in [4.78, 5) is 7.56. The Hall–Kier alpha value is -1.81. The fourth-order valence-corrected chi connectivity index (χ4v) is 1.37. The Morgan fingerprint density at radius 3 is 3.00 bits per heavy atom. The predicted octanol–water partition coefficient (Wildman–Crippen LogP) is 1.49. The van der Waals surface area contributed by atoms with Crippen molar-refractivity contribution in [1.82, 2.24) is 9.97 Å². The van der Waals surface area contributed by atoms with Gasteiger partial charge in [0.05, 0.1) is 11.0 Å². The molecule has 2 aromatic rings. The molecule has 0 aliphatic rings. The number of fused-ring (bicyclic) bond motifs is 1. The zero-order valence-electron chi connectivity index (χ0n) is 8.40. The van der Waals surface area contributed by atoms with Crippen molar-refractivity contribution in [1.29, 1.82) is 0 Å². The van der Waals surface area contributed by atoms with Crippen molar-refractivity contribution in [3.63, 3.8) is 0 Å². The molecule has 15 heavy (non-hydrogen) atoms. The highest BCUT2D eigenvalue weighted by Gasteiger charge is 1.98. The number of para-hydroxylation sites is 2. The summed E-state index contributed by atoms with van der Waals surface area (Å²) in [6, 6.07) is 7.94. The van der Waals surface area contributed by atoms with Crippen LogP contribution >= 0.6 is 0 Å². The SMILES string of the molecule is NC/C=C/CNc1nc2ccccc2[nH]1. The largest absolute Gasteiger partial charge is 0.352 e. The Bertz CT molecular complexity index is 425. The third-order valence-corrected chi connectivity index (χ3v) is 2.08. The van der Waals surface area contributed by atoms with E-state index in [1.807, 2.05) is 36.4 Å². The topological polar surface area (TPSA) is 66.7 Å². The summed E-state index contributed by atoms with van der Waals surface area (Å²) >= 11 is 0. The molecule has 0 aliphatic heterocycles. The van der Waals surface area contributed by atoms with E-state index in [-0.39, 0.29) is 0 Å². The molecule has 4 N–H and O–H groups in total. The van der Waals surface area contributed by atoms with Crippen LogP contribution in [0, 0.1) is 0 Å². The smallest absolute Gasteiger partial charge is 0.201 e. The van der Waals surface area contributed by atoms with Crippen molar-refractivity contribution in [2.45, 2.75) is 0 Å². The minimum Gasteiger partial charge on any atom is -0.352 e. The summed E-state index contributed by atoms with van der Waals surface area (Å²) in [6.45, 7) is 1.30. The molecule has 0 amide bonds. The molecule has 0 atom stereocenters. The highest BCUT2D eigenvalue weighted by molar-refractivity contribution is 5.77. The van der Waals surface area contributed by atoms with Gasteiger partial charge in [0.15, 0.2) is 0 Å². The van der Waals surface area contributed by atoms with Crippen molar-refractivity contribution in [3.8, 4) is 0 Å². The van der Waals surface area contributed by atoms with Crippen molar-refractivity contribution < 1.29 is 0 Å². The number of anilines is 1. The van der Waals surface area contributed by atoms with Gasteiger partial charge in [-0.15, -0.1) is 0 Å². The number of rotatable bonds is 4. The molecule has 1 heterocycles. The Kier molecular flexibility index (Phi) is 2.99. The van der Waals surface area contributed by atoms with Crippen molar-refractivity contribution in [2.75, 3.05) is 18.4 Å². The van der Waals surface area contributed by atoms with Crippen molar-refractivity contribution in [2.24, 2.45) is 5.73 Å². The number of nitrogens with one attached hydrogen (secondary N) is 2. The maximum absolute atomic E-state index is 5.33. The standard InChI is InChI=1S/C11H14N4/c12-7-3-4-8-13-11-14-9-5-1-2-6-10(9)15-11/h1-6H,7-8,12H2,(H2,13,14,15)/b4-3+. The van der Waals surface area contributed by atoms with E-state index in [2.05, 4.69) is 15.3 Å². The number of nitrogens with zero attached hydrogens (tertiary/aromatic N) is 1. The maximum atomic E-state index is 5.33. The fourth-order valence-electron chi connectivity index (χ4n) is 1.37. The van der Waals surface area contributed by atoms with Crippen molar-refractivity contribution >= 4 is 17.0 Å². The molecule has 0 saturated heterocycles. The molecule has 0 bridgehead atoms. The molecule has 0 saturated carbocycles. The second-order valence-corrected chi connectivity index (χ2v) is 3.19. The molecule has 0 radical (unpaired) electrons. The zero-order chi connectivity index (χ0) is 10.5. The predicted molar refractivity (Wildman–Crippen MR) is 62.8 cm³/mol. The highest BCUT2D eigenvalue weighted by Crippen LogP contribution is 2.12. The maximum Gasteiger partial charge on any atom is 0.201 e. The van der Waals surface area contributed by atoms with Gasteiger partial charge in [-0.05, 0) is 12.1 Å². The number of aromatic amines is 1. The molecule has 0 aliphatic carbocycles. The molecular weight excluding hydrogens is 188 g/mol. The van der Waals surface area contributed by atoms with Gasteiger partial charge >= 0.3 is 0 Å². The Morgan fingerprint density at radius 1 is 1.33 bits per heavy atom. The Labute approximate surface area is 88.2 Å². The van der Waals surface area contributed by atoms with Crippen LogP contribution in [-0.2, 0) is 0 Å². The quantitative estimate of drug-likeness (QED) is 0.658. The van der Waals surface area contributed by atoms with Gasteiger partial charge in [0.1, 0.15) is 0 Å². The van der Waals surface area contributed by atoms with E-state index in [4.69, 9.17) is 5.73 Å². The van der Waals surface area contributed by atoms with E-state index < -0.39 is 0 Å². The second kappa shape index (κ2) is 4.61. The Balaban J connectivity index is 2.05. The van der Waals surface area contributed by atoms with Gasteiger partial charge in [-0.25, -0.2) is 4.98 Å². The third kappa shape index (κ3) is 2.35. The van der Waals surface area contributed by atoms with Crippen LogP contribution in [0.3, 0.4) is 0 Å². The van der Waals surface area contributed by atoms with Crippen LogP contribution in [0.1, 0.15) is 0 Å². The van der Waals surface area contributed by atoms with Gasteiger partial charge < -0.3 is 16.0 Å². The van der Waals surface area contributed by atoms with E-state index in [1.54, 1.807) is 0 Å². The van der Waals surface area contributed by atoms with Gasteiger partial charge in [-0.3, -0.25) is 0 Å². The highest BCUT2D eigenvalue weighted by atomic mass is 15.1. The first-order valence-electron chi connectivity index (χ1n) is 4.94. The second-order valence-electron chi connectivity index (χ2n) is 3.19. The molecule has 2 rings (SSSR count). The van der Waals surface area contributed by atoms with Crippen LogP contribution in [0.5, 0.6) is 0 Å². The zero-order valence-corrected chi connectivity index (χ0v) is 8.40. The van der Waals surface area contributed by atoms with Crippen LogP contribution in [0.25, 0.3) is 11.0 Å². The monoisotopic (exact) mass is 202 g/mol. The summed E-state index contributed by atoms with van der Waals surface area (Å²) in [7, 11) is 0. The molecular formula is C11H14N4. The first-order chi connectivity index (χ1) is 7.40. The lowest BCUT2D eigenvalue weighted by molar-refractivity contribution is 1.19. The summed E-state index contributed by atoms with van der Waals surface area (Å²) in [6.07, 6.45) is 3.89. The van der Waals surface area contributed by atoms with Gasteiger partial charge in [0, 0.05) is 13.1 Å². The summed E-state index contributed by atoms with van der Waals surface area (Å²) in [5.74, 6) is 0.790. The van der Waals surface area contributed by atoms with E-state index in [9.17, 15) is 0 Å². The lowest BCUT2D eigenvalue weighted by Gasteiger charge is -1.95. The summed E-state index contributed by atoms with van der Waals surface area (Å²) < 4.78 is 0. The molecule has 4 nitrogen and oxygen atoms in total. The Morgan fingerprint density at radius 2 is 2.20 bits per heavy atom. The molecule has 1 aromatic heterocycles. The van der Waals surface area contributed by atoms with Gasteiger partial charge in [-0.1, -0.05) is 24.3 Å². The van der Waals surface area contributed by atoms with E-state index >= 15 is 0 Å². The number of benzene rings is 1. The average Bonchev–Trinajstić information content (AvgIpc) is 2.67. The number of nitrogens with two attached hydrogens (primary N) is 1.